The van der Waals surface area contributed by atoms with E-state index in [-0.39, 0.29) is 16.7 Å². The molecule has 0 amide bonds. The summed E-state index contributed by atoms with van der Waals surface area (Å²) < 4.78 is 37.6. The molecule has 0 aliphatic carbocycles. The van der Waals surface area contributed by atoms with E-state index < -0.39 is 5.51 Å². The van der Waals surface area contributed by atoms with Crippen molar-refractivity contribution in [1.29, 1.82) is 0 Å². The van der Waals surface area contributed by atoms with Crippen molar-refractivity contribution >= 4 is 50.1 Å². The standard InChI is InChI=1S/C20H16F3N5S2/c1-10-4-3-5-11(2)14(10)16-27-17(15-18(28-16)29-19(24)26-15)25-12-6-8-13(9-7-12)30-20(21,22)23/h3-9H,1-2H3,(H2,24,26)(H,25,27,28). The van der Waals surface area contributed by atoms with Crippen molar-refractivity contribution in [2.24, 2.45) is 0 Å². The maximum absolute atomic E-state index is 12.5. The van der Waals surface area contributed by atoms with Crippen LogP contribution in [0.1, 0.15) is 11.1 Å². The summed E-state index contributed by atoms with van der Waals surface area (Å²) in [5, 5.41) is 3.51. The normalized spacial score (nSPS) is 11.8. The number of anilines is 3. The van der Waals surface area contributed by atoms with E-state index in [0.717, 1.165) is 16.7 Å². The summed E-state index contributed by atoms with van der Waals surface area (Å²) in [5.74, 6) is 0.982. The molecular formula is C20H16F3N5S2. The van der Waals surface area contributed by atoms with E-state index in [2.05, 4.69) is 20.3 Å². The first kappa shape index (κ1) is 20.4. The number of nitrogens with zero attached hydrogens (tertiary/aromatic N) is 3. The fourth-order valence-electron chi connectivity index (χ4n) is 3.08. The monoisotopic (exact) mass is 447 g/mol. The second-order valence-corrected chi connectivity index (χ2v) is 8.71. The summed E-state index contributed by atoms with van der Waals surface area (Å²) in [5.41, 5.74) is 5.64. The Morgan fingerprint density at radius 2 is 1.63 bits per heavy atom. The lowest BCUT2D eigenvalue weighted by molar-refractivity contribution is -0.0328. The quantitative estimate of drug-likeness (QED) is 0.357. The molecule has 0 saturated carbocycles. The Hall–Kier alpha value is -2.85. The minimum atomic E-state index is -4.33. The lowest BCUT2D eigenvalue weighted by atomic mass is 10.0. The number of hydrogen-bond donors (Lipinski definition) is 2. The van der Waals surface area contributed by atoms with Crippen LogP contribution in [0.2, 0.25) is 0 Å². The van der Waals surface area contributed by atoms with Crippen molar-refractivity contribution in [2.75, 3.05) is 11.1 Å². The zero-order chi connectivity index (χ0) is 21.5. The topological polar surface area (TPSA) is 76.7 Å². The van der Waals surface area contributed by atoms with Crippen LogP contribution in [-0.4, -0.2) is 20.5 Å². The van der Waals surface area contributed by atoms with Crippen LogP contribution in [0.3, 0.4) is 0 Å². The number of hydrogen-bond acceptors (Lipinski definition) is 7. The molecule has 2 aromatic heterocycles. The Balaban J connectivity index is 1.75. The van der Waals surface area contributed by atoms with Crippen LogP contribution in [0.4, 0.5) is 29.8 Å². The van der Waals surface area contributed by atoms with Crippen molar-refractivity contribution < 1.29 is 13.2 Å². The molecule has 5 nitrogen and oxygen atoms in total. The van der Waals surface area contributed by atoms with Crippen molar-refractivity contribution in [1.82, 2.24) is 15.0 Å². The smallest absolute Gasteiger partial charge is 0.375 e. The fraction of sp³-hybridized carbons (Fsp3) is 0.150. The minimum absolute atomic E-state index is 0.106. The molecule has 0 atom stereocenters. The summed E-state index contributed by atoms with van der Waals surface area (Å²) in [6.45, 7) is 3.97. The number of thioether (sulfide) groups is 1. The maximum atomic E-state index is 12.5. The van der Waals surface area contributed by atoms with Gasteiger partial charge in [-0.2, -0.15) is 13.2 Å². The molecule has 0 saturated heterocycles. The number of aryl methyl sites for hydroxylation is 2. The number of nitrogens with two attached hydrogens (primary N) is 1. The number of halogens is 3. The van der Waals surface area contributed by atoms with E-state index in [4.69, 9.17) is 5.73 Å². The lowest BCUT2D eigenvalue weighted by Gasteiger charge is -2.12. The van der Waals surface area contributed by atoms with Crippen LogP contribution >= 0.6 is 23.1 Å². The third-order valence-corrected chi connectivity index (χ3v) is 5.85. The van der Waals surface area contributed by atoms with Gasteiger partial charge in [0.15, 0.2) is 21.6 Å². The molecule has 154 valence electrons. The van der Waals surface area contributed by atoms with Crippen LogP contribution in [0.5, 0.6) is 0 Å². The van der Waals surface area contributed by atoms with E-state index in [9.17, 15) is 13.2 Å². The summed E-state index contributed by atoms with van der Waals surface area (Å²) in [7, 11) is 0. The van der Waals surface area contributed by atoms with Gasteiger partial charge < -0.3 is 11.1 Å². The second kappa shape index (κ2) is 7.77. The summed E-state index contributed by atoms with van der Waals surface area (Å²) in [4.78, 5) is 14.4. The molecule has 0 unspecified atom stereocenters. The highest BCUT2D eigenvalue weighted by atomic mass is 32.2. The summed E-state index contributed by atoms with van der Waals surface area (Å²) in [6.07, 6.45) is 0. The molecule has 0 spiro atoms. The highest BCUT2D eigenvalue weighted by molar-refractivity contribution is 8.00. The van der Waals surface area contributed by atoms with Gasteiger partial charge in [-0.25, -0.2) is 15.0 Å². The van der Waals surface area contributed by atoms with Crippen molar-refractivity contribution in [3.63, 3.8) is 0 Å². The number of rotatable bonds is 4. The van der Waals surface area contributed by atoms with Gasteiger partial charge in [-0.1, -0.05) is 29.5 Å². The first-order chi connectivity index (χ1) is 14.2. The van der Waals surface area contributed by atoms with E-state index in [0.29, 0.717) is 32.8 Å². The molecule has 0 aliphatic heterocycles. The Kier molecular flexibility index (Phi) is 5.29. The number of thiazole rings is 1. The fourth-order valence-corrected chi connectivity index (χ4v) is 4.33. The van der Waals surface area contributed by atoms with Crippen molar-refractivity contribution in [3.05, 3.63) is 53.6 Å². The number of nitrogen functional groups attached to an aromatic ring is 1. The molecular weight excluding hydrogens is 431 g/mol. The van der Waals surface area contributed by atoms with Gasteiger partial charge in [-0.15, -0.1) is 0 Å². The Morgan fingerprint density at radius 1 is 0.967 bits per heavy atom. The van der Waals surface area contributed by atoms with Crippen LogP contribution in [0.25, 0.3) is 21.7 Å². The number of aromatic nitrogens is 3. The molecule has 30 heavy (non-hydrogen) atoms. The maximum Gasteiger partial charge on any atom is 0.446 e. The Morgan fingerprint density at radius 3 is 2.27 bits per heavy atom. The molecule has 0 aliphatic rings. The molecule has 4 rings (SSSR count). The summed E-state index contributed by atoms with van der Waals surface area (Å²) in [6, 6.07) is 11.9. The number of benzene rings is 2. The first-order valence-corrected chi connectivity index (χ1v) is 10.5. The van der Waals surface area contributed by atoms with Gasteiger partial charge in [0, 0.05) is 16.1 Å². The van der Waals surface area contributed by atoms with E-state index >= 15 is 0 Å². The third-order valence-electron chi connectivity index (χ3n) is 4.33. The SMILES string of the molecule is Cc1cccc(C)c1-c1nc(Nc2ccc(SC(F)(F)F)cc2)c2nc(N)sc2n1. The van der Waals surface area contributed by atoms with Crippen LogP contribution in [-0.2, 0) is 0 Å². The van der Waals surface area contributed by atoms with Crippen LogP contribution in [0, 0.1) is 13.8 Å². The van der Waals surface area contributed by atoms with Gasteiger partial charge in [-0.05, 0) is 61.0 Å². The van der Waals surface area contributed by atoms with Gasteiger partial charge in [0.25, 0.3) is 0 Å². The van der Waals surface area contributed by atoms with Crippen LogP contribution in [0.15, 0.2) is 47.4 Å². The largest absolute Gasteiger partial charge is 0.446 e. The zero-order valence-electron chi connectivity index (χ0n) is 15.9. The van der Waals surface area contributed by atoms with Gasteiger partial charge in [-0.3, -0.25) is 0 Å². The molecule has 10 heteroatoms. The van der Waals surface area contributed by atoms with E-state index in [1.54, 1.807) is 12.1 Å². The molecule has 4 aromatic rings. The number of nitrogens with one attached hydrogen (secondary N) is 1. The molecule has 0 radical (unpaired) electrons. The highest BCUT2D eigenvalue weighted by Gasteiger charge is 2.29. The molecule has 3 N–H and O–H groups in total. The highest BCUT2D eigenvalue weighted by Crippen LogP contribution is 2.38. The average molecular weight is 448 g/mol. The van der Waals surface area contributed by atoms with E-state index in [1.807, 2.05) is 32.0 Å². The van der Waals surface area contributed by atoms with Gasteiger partial charge in [0.2, 0.25) is 0 Å². The number of fused-ring (bicyclic) bond motifs is 1. The van der Waals surface area contributed by atoms with Crippen molar-refractivity contribution in [3.8, 4) is 11.4 Å². The Bertz CT molecular complexity index is 1200. The first-order valence-electron chi connectivity index (χ1n) is 8.83. The zero-order valence-corrected chi connectivity index (χ0v) is 17.5. The molecule has 2 heterocycles. The average Bonchev–Trinajstić information content (AvgIpc) is 3.02. The van der Waals surface area contributed by atoms with Gasteiger partial charge in [0.05, 0.1) is 0 Å². The second-order valence-electron chi connectivity index (χ2n) is 6.57. The molecule has 0 bridgehead atoms. The minimum Gasteiger partial charge on any atom is -0.375 e. The third kappa shape index (κ3) is 4.34. The van der Waals surface area contributed by atoms with Crippen LogP contribution < -0.4 is 11.1 Å². The summed E-state index contributed by atoms with van der Waals surface area (Å²) >= 11 is 1.10. The predicted molar refractivity (Wildman–Crippen MR) is 116 cm³/mol. The lowest BCUT2D eigenvalue weighted by Crippen LogP contribution is -2.01. The van der Waals surface area contributed by atoms with Gasteiger partial charge in [0.1, 0.15) is 5.52 Å². The van der Waals surface area contributed by atoms with Gasteiger partial charge >= 0.3 is 5.51 Å². The molecule has 2 aromatic carbocycles. The Labute approximate surface area is 178 Å². The molecule has 0 fully saturated rings. The number of alkyl halides is 3. The predicted octanol–water partition coefficient (Wildman–Crippen LogP) is 6.31. The van der Waals surface area contributed by atoms with E-state index in [1.165, 1.54) is 23.5 Å². The van der Waals surface area contributed by atoms with Crippen molar-refractivity contribution in [2.45, 2.75) is 24.3 Å².